The Morgan fingerprint density at radius 1 is 1.03 bits per heavy atom. The van der Waals surface area contributed by atoms with Crippen LogP contribution in [0.2, 0.25) is 0 Å². The van der Waals surface area contributed by atoms with E-state index in [1.165, 1.54) is 23.5 Å². The Labute approximate surface area is 199 Å². The number of likely N-dealkylation sites (N-methyl/N-ethyl adjacent to an activating group) is 1. The number of hydrogen-bond donors (Lipinski definition) is 2. The maximum absolute atomic E-state index is 12.9. The number of sulfonamides is 1. The lowest BCUT2D eigenvalue weighted by Gasteiger charge is -2.34. The van der Waals surface area contributed by atoms with Crippen molar-refractivity contribution in [2.45, 2.75) is 18.4 Å². The van der Waals surface area contributed by atoms with Gasteiger partial charge in [-0.1, -0.05) is 12.1 Å². The van der Waals surface area contributed by atoms with E-state index in [4.69, 9.17) is 0 Å². The van der Waals surface area contributed by atoms with Gasteiger partial charge in [-0.15, -0.1) is 11.3 Å². The molecule has 0 spiro atoms. The van der Waals surface area contributed by atoms with Crippen molar-refractivity contribution in [3.63, 3.8) is 0 Å². The zero-order chi connectivity index (χ0) is 23.4. The summed E-state index contributed by atoms with van der Waals surface area (Å²) in [6, 6.07) is 15.8. The second kappa shape index (κ2) is 10.0. The summed E-state index contributed by atoms with van der Waals surface area (Å²) in [6.07, 6.45) is 0. The number of amides is 1. The third-order valence-electron chi connectivity index (χ3n) is 5.75. The van der Waals surface area contributed by atoms with Crippen LogP contribution in [0.3, 0.4) is 0 Å². The molecule has 7 nitrogen and oxygen atoms in total. The highest BCUT2D eigenvalue weighted by molar-refractivity contribution is 7.89. The van der Waals surface area contributed by atoms with Gasteiger partial charge in [0.2, 0.25) is 10.0 Å². The first-order valence-electron chi connectivity index (χ1n) is 10.8. The summed E-state index contributed by atoms with van der Waals surface area (Å²) in [4.78, 5) is 18.5. The van der Waals surface area contributed by atoms with Gasteiger partial charge >= 0.3 is 0 Å². The first-order chi connectivity index (χ1) is 15.8. The molecule has 1 fully saturated rings. The van der Waals surface area contributed by atoms with Crippen molar-refractivity contribution in [2.24, 2.45) is 0 Å². The van der Waals surface area contributed by atoms with E-state index in [0.29, 0.717) is 5.69 Å². The van der Waals surface area contributed by atoms with E-state index < -0.39 is 10.0 Å². The van der Waals surface area contributed by atoms with Gasteiger partial charge in [0.25, 0.3) is 5.91 Å². The normalized spacial score (nSPS) is 14.9. The van der Waals surface area contributed by atoms with Crippen molar-refractivity contribution in [1.29, 1.82) is 0 Å². The van der Waals surface area contributed by atoms with E-state index in [2.05, 4.69) is 33.0 Å². The number of rotatable bonds is 7. The lowest BCUT2D eigenvalue weighted by Crippen LogP contribution is -2.44. The molecule has 0 bridgehead atoms. The summed E-state index contributed by atoms with van der Waals surface area (Å²) in [5.41, 5.74) is 3.10. The molecule has 174 valence electrons. The SMILES string of the molecule is Cc1cc(N2CCN(C)CC2)ccc1NC(=O)c1cccc(S(=O)(=O)NCc2cccs2)c1. The van der Waals surface area contributed by atoms with Gasteiger partial charge in [0.1, 0.15) is 0 Å². The lowest BCUT2D eigenvalue weighted by atomic mass is 10.1. The molecule has 3 aromatic rings. The van der Waals surface area contributed by atoms with Crippen LogP contribution in [0.25, 0.3) is 0 Å². The largest absolute Gasteiger partial charge is 0.369 e. The Kier molecular flexibility index (Phi) is 7.14. The van der Waals surface area contributed by atoms with Crippen LogP contribution in [0.15, 0.2) is 64.9 Å². The number of aryl methyl sites for hydroxylation is 1. The third-order valence-corrected chi connectivity index (χ3v) is 8.02. The van der Waals surface area contributed by atoms with Crippen LogP contribution in [-0.4, -0.2) is 52.5 Å². The molecule has 2 heterocycles. The summed E-state index contributed by atoms with van der Waals surface area (Å²) in [5.74, 6) is -0.347. The molecule has 1 saturated heterocycles. The molecular formula is C24H28N4O3S2. The Balaban J connectivity index is 1.44. The average molecular weight is 485 g/mol. The van der Waals surface area contributed by atoms with Crippen molar-refractivity contribution in [2.75, 3.05) is 43.4 Å². The first kappa shape index (κ1) is 23.4. The number of carbonyl (C=O) groups is 1. The van der Waals surface area contributed by atoms with Crippen molar-refractivity contribution < 1.29 is 13.2 Å². The van der Waals surface area contributed by atoms with E-state index in [0.717, 1.165) is 42.3 Å². The van der Waals surface area contributed by atoms with E-state index in [-0.39, 0.29) is 22.9 Å². The summed E-state index contributed by atoms with van der Waals surface area (Å²) in [5, 5.41) is 4.81. The fourth-order valence-electron chi connectivity index (χ4n) is 3.71. The van der Waals surface area contributed by atoms with Crippen LogP contribution in [0.5, 0.6) is 0 Å². The van der Waals surface area contributed by atoms with Crippen LogP contribution in [0.4, 0.5) is 11.4 Å². The summed E-state index contributed by atoms with van der Waals surface area (Å²) >= 11 is 1.48. The van der Waals surface area contributed by atoms with Gasteiger partial charge in [-0.2, -0.15) is 0 Å². The zero-order valence-corrected chi connectivity index (χ0v) is 20.4. The highest BCUT2D eigenvalue weighted by Gasteiger charge is 2.18. The van der Waals surface area contributed by atoms with Gasteiger partial charge in [-0.3, -0.25) is 4.79 Å². The molecule has 33 heavy (non-hydrogen) atoms. The number of nitrogens with one attached hydrogen (secondary N) is 2. The average Bonchev–Trinajstić information content (AvgIpc) is 3.34. The number of piperazine rings is 1. The molecule has 9 heteroatoms. The maximum atomic E-state index is 12.9. The highest BCUT2D eigenvalue weighted by Crippen LogP contribution is 2.24. The minimum atomic E-state index is -3.73. The molecule has 1 aliphatic heterocycles. The topological polar surface area (TPSA) is 81.8 Å². The number of thiophene rings is 1. The zero-order valence-electron chi connectivity index (χ0n) is 18.7. The lowest BCUT2D eigenvalue weighted by molar-refractivity contribution is 0.102. The third kappa shape index (κ3) is 5.80. The van der Waals surface area contributed by atoms with Gasteiger partial charge in [0.15, 0.2) is 0 Å². The van der Waals surface area contributed by atoms with Crippen LogP contribution in [-0.2, 0) is 16.6 Å². The molecule has 1 amide bonds. The van der Waals surface area contributed by atoms with Crippen LogP contribution < -0.4 is 14.9 Å². The van der Waals surface area contributed by atoms with E-state index in [9.17, 15) is 13.2 Å². The molecule has 4 rings (SSSR count). The predicted molar refractivity (Wildman–Crippen MR) is 134 cm³/mol. The molecule has 0 saturated carbocycles. The Morgan fingerprint density at radius 3 is 2.52 bits per heavy atom. The molecule has 0 atom stereocenters. The van der Waals surface area contributed by atoms with E-state index in [1.54, 1.807) is 12.1 Å². The van der Waals surface area contributed by atoms with Gasteiger partial charge in [0.05, 0.1) is 4.90 Å². The van der Waals surface area contributed by atoms with Crippen LogP contribution in [0.1, 0.15) is 20.8 Å². The number of nitrogens with zero attached hydrogens (tertiary/aromatic N) is 2. The number of hydrogen-bond acceptors (Lipinski definition) is 6. The molecule has 0 radical (unpaired) electrons. The molecular weight excluding hydrogens is 456 g/mol. The molecule has 0 unspecified atom stereocenters. The molecule has 1 aromatic heterocycles. The minimum absolute atomic E-state index is 0.0637. The molecule has 2 aromatic carbocycles. The van der Waals surface area contributed by atoms with Crippen molar-refractivity contribution in [3.05, 3.63) is 76.0 Å². The second-order valence-corrected chi connectivity index (χ2v) is 11.0. The smallest absolute Gasteiger partial charge is 0.255 e. The monoisotopic (exact) mass is 484 g/mol. The summed E-state index contributed by atoms with van der Waals surface area (Å²) < 4.78 is 27.9. The molecule has 2 N–H and O–H groups in total. The Hall–Kier alpha value is -2.72. The molecule has 1 aliphatic rings. The summed E-state index contributed by atoms with van der Waals surface area (Å²) in [7, 11) is -1.60. The fraction of sp³-hybridized carbons (Fsp3) is 0.292. The maximum Gasteiger partial charge on any atom is 0.255 e. The van der Waals surface area contributed by atoms with E-state index >= 15 is 0 Å². The fourth-order valence-corrected chi connectivity index (χ4v) is 5.50. The highest BCUT2D eigenvalue weighted by atomic mass is 32.2. The van der Waals surface area contributed by atoms with Crippen molar-refractivity contribution >= 4 is 38.6 Å². The van der Waals surface area contributed by atoms with Crippen LogP contribution >= 0.6 is 11.3 Å². The number of benzene rings is 2. The van der Waals surface area contributed by atoms with Crippen molar-refractivity contribution in [3.8, 4) is 0 Å². The standard InChI is InChI=1S/C24H28N4O3S2/c1-18-15-20(28-12-10-27(2)11-13-28)8-9-23(18)26-24(29)19-5-3-7-22(16-19)33(30,31)25-17-21-6-4-14-32-21/h3-9,14-16,25H,10-13,17H2,1-2H3,(H,26,29). The summed E-state index contributed by atoms with van der Waals surface area (Å²) in [6.45, 7) is 6.19. The molecule has 0 aliphatic carbocycles. The minimum Gasteiger partial charge on any atom is -0.369 e. The number of carbonyl (C=O) groups excluding carboxylic acids is 1. The van der Waals surface area contributed by atoms with E-state index in [1.807, 2.05) is 36.6 Å². The quantitative estimate of drug-likeness (QED) is 0.536. The van der Waals surface area contributed by atoms with Crippen molar-refractivity contribution in [1.82, 2.24) is 9.62 Å². The predicted octanol–water partition coefficient (Wildman–Crippen LogP) is 3.54. The van der Waals surface area contributed by atoms with Gasteiger partial charge in [-0.25, -0.2) is 13.1 Å². The Bertz CT molecular complexity index is 1220. The second-order valence-electron chi connectivity index (χ2n) is 8.18. The number of anilines is 2. The van der Waals surface area contributed by atoms with Gasteiger partial charge in [-0.05, 0) is 67.4 Å². The van der Waals surface area contributed by atoms with Gasteiger partial charge < -0.3 is 15.1 Å². The first-order valence-corrected chi connectivity index (χ1v) is 13.2. The van der Waals surface area contributed by atoms with Gasteiger partial charge in [0, 0.05) is 54.5 Å². The Morgan fingerprint density at radius 2 is 1.82 bits per heavy atom. The van der Waals surface area contributed by atoms with Crippen LogP contribution in [0, 0.1) is 6.92 Å².